The Morgan fingerprint density at radius 3 is 2.46 bits per heavy atom. The zero-order valence-corrected chi connectivity index (χ0v) is 20.9. The number of aromatic nitrogens is 2. The van der Waals surface area contributed by atoms with Crippen LogP contribution in [-0.2, 0) is 6.42 Å². The Hall–Kier alpha value is -3.52. The molecule has 1 unspecified atom stereocenters. The van der Waals surface area contributed by atoms with E-state index in [4.69, 9.17) is 44.7 Å². The Morgan fingerprint density at radius 1 is 1.06 bits per heavy atom. The largest absolute Gasteiger partial charge is 0.497 e. The summed E-state index contributed by atoms with van der Waals surface area (Å²) in [5, 5.41) is 9.79. The first-order valence-electron chi connectivity index (χ1n) is 10.9. The van der Waals surface area contributed by atoms with E-state index in [9.17, 15) is 0 Å². The van der Waals surface area contributed by atoms with Gasteiger partial charge in [-0.3, -0.25) is 0 Å². The highest BCUT2D eigenvalue weighted by Gasteiger charge is 2.22. The quantitative estimate of drug-likeness (QED) is 0.137. The molecule has 35 heavy (non-hydrogen) atoms. The van der Waals surface area contributed by atoms with Crippen molar-refractivity contribution in [2.45, 2.75) is 19.3 Å². The number of hydrazine groups is 1. The molecular formula is C26H26Cl2N6O. The number of halogens is 2. The van der Waals surface area contributed by atoms with E-state index in [-0.39, 0.29) is 5.92 Å². The first-order valence-corrected chi connectivity index (χ1v) is 11.7. The van der Waals surface area contributed by atoms with E-state index in [1.807, 2.05) is 72.3 Å². The minimum atomic E-state index is -0.217. The van der Waals surface area contributed by atoms with Crippen LogP contribution in [0.1, 0.15) is 22.7 Å². The molecule has 1 aromatic heterocycles. The average Bonchev–Trinajstić information content (AvgIpc) is 3.29. The topological polar surface area (TPSA) is 103 Å². The zero-order chi connectivity index (χ0) is 24.9. The van der Waals surface area contributed by atoms with Gasteiger partial charge in [-0.1, -0.05) is 59.1 Å². The molecule has 0 aliphatic rings. The summed E-state index contributed by atoms with van der Waals surface area (Å²) in [6, 6.07) is 23.4. The maximum atomic E-state index is 6.34. The van der Waals surface area contributed by atoms with Gasteiger partial charge in [0.25, 0.3) is 0 Å². The molecule has 1 heterocycles. The van der Waals surface area contributed by atoms with Crippen LogP contribution in [0.15, 0.2) is 77.9 Å². The van der Waals surface area contributed by atoms with Crippen LogP contribution in [0.5, 0.6) is 5.75 Å². The number of hydrazone groups is 1. The third-order valence-corrected chi connectivity index (χ3v) is 6.51. The van der Waals surface area contributed by atoms with E-state index in [0.717, 1.165) is 39.5 Å². The van der Waals surface area contributed by atoms with Gasteiger partial charge in [0.1, 0.15) is 11.6 Å². The lowest BCUT2D eigenvalue weighted by atomic mass is 9.92. The van der Waals surface area contributed by atoms with Crippen molar-refractivity contribution in [3.05, 3.63) is 99.7 Å². The van der Waals surface area contributed by atoms with Gasteiger partial charge in [0, 0.05) is 12.0 Å². The van der Waals surface area contributed by atoms with Crippen LogP contribution in [0.25, 0.3) is 16.9 Å². The van der Waals surface area contributed by atoms with Gasteiger partial charge < -0.3 is 16.0 Å². The van der Waals surface area contributed by atoms with Gasteiger partial charge in [0.2, 0.25) is 0 Å². The molecule has 4 aromatic rings. The van der Waals surface area contributed by atoms with E-state index < -0.39 is 0 Å². The van der Waals surface area contributed by atoms with Gasteiger partial charge >= 0.3 is 0 Å². The number of benzene rings is 3. The number of amidine groups is 1. The van der Waals surface area contributed by atoms with Crippen molar-refractivity contribution in [2.24, 2.45) is 16.8 Å². The summed E-state index contributed by atoms with van der Waals surface area (Å²) in [5.41, 5.74) is 8.24. The van der Waals surface area contributed by atoms with Crippen LogP contribution in [-0.4, -0.2) is 22.7 Å². The van der Waals surface area contributed by atoms with Crippen molar-refractivity contribution in [3.8, 4) is 22.7 Å². The number of aryl methyl sites for hydroxylation is 1. The number of nitrogens with one attached hydrogen (secondary N) is 1. The Balaban J connectivity index is 1.82. The molecule has 0 spiro atoms. The van der Waals surface area contributed by atoms with Gasteiger partial charge in [0.05, 0.1) is 40.1 Å². The summed E-state index contributed by atoms with van der Waals surface area (Å²) < 4.78 is 7.18. The molecule has 0 saturated heterocycles. The second-order valence-corrected chi connectivity index (χ2v) is 8.90. The lowest BCUT2D eigenvalue weighted by Crippen LogP contribution is -2.37. The number of ether oxygens (including phenoxy) is 1. The maximum absolute atomic E-state index is 6.34. The Labute approximate surface area is 214 Å². The molecular weight excluding hydrogens is 483 g/mol. The van der Waals surface area contributed by atoms with E-state index in [1.165, 1.54) is 0 Å². The SMILES string of the molecule is COc1ccc(-n2nc(CC(C(=NN)NN)c3cccc(C)c3)cc2-c2ccc(Cl)c(Cl)c2)cc1. The number of nitrogens with two attached hydrogens (primary N) is 2. The molecule has 0 fully saturated rings. The minimum absolute atomic E-state index is 0.217. The molecule has 1 atom stereocenters. The van der Waals surface area contributed by atoms with Crippen molar-refractivity contribution < 1.29 is 4.74 Å². The van der Waals surface area contributed by atoms with Gasteiger partial charge in [-0.25, -0.2) is 10.5 Å². The molecule has 0 aliphatic carbocycles. The fourth-order valence-corrected chi connectivity index (χ4v) is 4.31. The van der Waals surface area contributed by atoms with Crippen molar-refractivity contribution in [1.82, 2.24) is 15.2 Å². The lowest BCUT2D eigenvalue weighted by molar-refractivity contribution is 0.414. The predicted octanol–water partition coefficient (Wildman–Crippen LogP) is 5.22. The Bertz CT molecular complexity index is 1350. The minimum Gasteiger partial charge on any atom is -0.497 e. The first-order chi connectivity index (χ1) is 16.9. The number of methoxy groups -OCH3 is 1. The van der Waals surface area contributed by atoms with Crippen molar-refractivity contribution in [2.75, 3.05) is 7.11 Å². The molecule has 180 valence electrons. The monoisotopic (exact) mass is 508 g/mol. The van der Waals surface area contributed by atoms with Crippen LogP contribution in [0.4, 0.5) is 0 Å². The zero-order valence-electron chi connectivity index (χ0n) is 19.4. The van der Waals surface area contributed by atoms with Crippen LogP contribution >= 0.6 is 23.2 Å². The summed E-state index contributed by atoms with van der Waals surface area (Å²) in [5.74, 6) is 12.4. The summed E-state index contributed by atoms with van der Waals surface area (Å²) in [6.07, 6.45) is 0.515. The molecule has 4 rings (SSSR count). The fourth-order valence-electron chi connectivity index (χ4n) is 4.01. The highest BCUT2D eigenvalue weighted by Crippen LogP contribution is 2.32. The molecule has 0 saturated carbocycles. The van der Waals surface area contributed by atoms with Crippen LogP contribution in [0.2, 0.25) is 10.0 Å². The molecule has 0 radical (unpaired) electrons. The first kappa shape index (κ1) is 24.6. The Morgan fingerprint density at radius 2 is 1.83 bits per heavy atom. The normalized spacial score (nSPS) is 12.4. The summed E-state index contributed by atoms with van der Waals surface area (Å²) >= 11 is 12.5. The van der Waals surface area contributed by atoms with Crippen molar-refractivity contribution in [1.29, 1.82) is 0 Å². The smallest absolute Gasteiger partial charge is 0.143 e. The third-order valence-electron chi connectivity index (χ3n) is 5.77. The molecule has 9 heteroatoms. The number of hydrogen-bond donors (Lipinski definition) is 3. The second kappa shape index (κ2) is 10.8. The standard InChI is InChI=1S/C26H26Cl2N6O/c1-16-4-3-5-17(12-16)22(26(31-29)32-30)14-19-15-25(18-6-11-23(27)24(28)13-18)34(33-19)20-7-9-21(35-2)10-8-20/h3-13,15,22H,14,29-30H2,1-2H3,(H,31,32). The van der Waals surface area contributed by atoms with E-state index in [1.54, 1.807) is 13.2 Å². The van der Waals surface area contributed by atoms with Gasteiger partial charge in [-0.2, -0.15) is 10.2 Å². The predicted molar refractivity (Wildman–Crippen MR) is 142 cm³/mol. The summed E-state index contributed by atoms with van der Waals surface area (Å²) in [6.45, 7) is 2.04. The number of rotatable bonds is 7. The van der Waals surface area contributed by atoms with Crippen LogP contribution in [0, 0.1) is 6.92 Å². The molecule has 0 aliphatic heterocycles. The van der Waals surface area contributed by atoms with Gasteiger partial charge in [-0.05, 0) is 55.0 Å². The number of nitrogens with zero attached hydrogens (tertiary/aromatic N) is 3. The van der Waals surface area contributed by atoms with Crippen molar-refractivity contribution in [3.63, 3.8) is 0 Å². The fraction of sp³-hybridized carbons (Fsp3) is 0.154. The second-order valence-electron chi connectivity index (χ2n) is 8.09. The van der Waals surface area contributed by atoms with E-state index in [2.05, 4.69) is 16.6 Å². The molecule has 0 bridgehead atoms. The Kier molecular flexibility index (Phi) is 7.60. The lowest BCUT2D eigenvalue weighted by Gasteiger charge is -2.18. The average molecular weight is 509 g/mol. The molecule has 3 aromatic carbocycles. The molecule has 0 amide bonds. The van der Waals surface area contributed by atoms with Crippen LogP contribution in [0.3, 0.4) is 0 Å². The van der Waals surface area contributed by atoms with Crippen LogP contribution < -0.4 is 21.8 Å². The number of hydrogen-bond acceptors (Lipinski definition) is 5. The van der Waals surface area contributed by atoms with E-state index in [0.29, 0.717) is 22.3 Å². The summed E-state index contributed by atoms with van der Waals surface area (Å²) in [7, 11) is 1.63. The molecule has 7 nitrogen and oxygen atoms in total. The summed E-state index contributed by atoms with van der Waals surface area (Å²) in [4.78, 5) is 0. The van der Waals surface area contributed by atoms with Gasteiger partial charge in [-0.15, -0.1) is 0 Å². The third kappa shape index (κ3) is 5.43. The maximum Gasteiger partial charge on any atom is 0.143 e. The van der Waals surface area contributed by atoms with E-state index >= 15 is 0 Å². The van der Waals surface area contributed by atoms with Gasteiger partial charge in [0.15, 0.2) is 0 Å². The highest BCUT2D eigenvalue weighted by atomic mass is 35.5. The molecule has 5 N–H and O–H groups in total. The van der Waals surface area contributed by atoms with Crippen molar-refractivity contribution >= 4 is 29.0 Å². The highest BCUT2D eigenvalue weighted by molar-refractivity contribution is 6.42.